The molecular weight excluding hydrogens is 367 g/mol. The maximum absolute atomic E-state index is 13.0. The number of benzene rings is 2. The van der Waals surface area contributed by atoms with Crippen molar-refractivity contribution in [2.24, 2.45) is 0 Å². The number of aliphatic hydroxyl groups is 1. The lowest BCUT2D eigenvalue weighted by atomic mass is 10.0. The van der Waals surface area contributed by atoms with Gasteiger partial charge in [-0.2, -0.15) is 0 Å². The van der Waals surface area contributed by atoms with Crippen molar-refractivity contribution in [3.8, 4) is 5.75 Å². The van der Waals surface area contributed by atoms with Crippen molar-refractivity contribution >= 4 is 0 Å². The van der Waals surface area contributed by atoms with Crippen LogP contribution in [0.5, 0.6) is 5.75 Å². The number of piperazine rings is 1. The van der Waals surface area contributed by atoms with E-state index in [9.17, 15) is 9.50 Å². The second kappa shape index (κ2) is 10.2. The molecule has 0 amide bonds. The number of aryl methyl sites for hydroxylation is 1. The average Bonchev–Trinajstić information content (AvgIpc) is 2.69. The summed E-state index contributed by atoms with van der Waals surface area (Å²) in [6, 6.07) is 13.0. The number of ether oxygens (including phenoxy) is 1. The Morgan fingerprint density at radius 2 is 1.66 bits per heavy atom. The second-order valence-electron chi connectivity index (χ2n) is 8.36. The molecule has 29 heavy (non-hydrogen) atoms. The van der Waals surface area contributed by atoms with Gasteiger partial charge in [-0.15, -0.1) is 0 Å². The fraction of sp³-hybridized carbons (Fsp3) is 0.500. The van der Waals surface area contributed by atoms with E-state index in [4.69, 9.17) is 4.74 Å². The third-order valence-corrected chi connectivity index (χ3v) is 5.48. The smallest absolute Gasteiger partial charge is 0.123 e. The molecule has 0 radical (unpaired) electrons. The molecule has 0 saturated carbocycles. The zero-order chi connectivity index (χ0) is 20.8. The summed E-state index contributed by atoms with van der Waals surface area (Å²) in [7, 11) is 0. The number of hydrogen-bond donors (Lipinski definition) is 1. The molecule has 1 atom stereocenters. The Morgan fingerprint density at radius 3 is 2.31 bits per heavy atom. The van der Waals surface area contributed by atoms with Crippen LogP contribution in [-0.2, 0) is 6.54 Å². The van der Waals surface area contributed by atoms with Gasteiger partial charge in [0.2, 0.25) is 0 Å². The molecule has 1 aliphatic rings. The molecule has 0 aliphatic carbocycles. The van der Waals surface area contributed by atoms with Gasteiger partial charge in [0.1, 0.15) is 24.3 Å². The lowest BCUT2D eigenvalue weighted by molar-refractivity contribution is 0.0443. The number of rotatable bonds is 8. The molecule has 3 rings (SSSR count). The van der Waals surface area contributed by atoms with Gasteiger partial charge in [0, 0.05) is 39.3 Å². The van der Waals surface area contributed by atoms with Crippen molar-refractivity contribution in [2.75, 3.05) is 39.3 Å². The largest absolute Gasteiger partial charge is 0.491 e. The first kappa shape index (κ1) is 21.8. The molecular formula is C24H33FN2O2. The van der Waals surface area contributed by atoms with Crippen molar-refractivity contribution in [1.29, 1.82) is 0 Å². The Labute approximate surface area is 173 Å². The molecule has 0 bridgehead atoms. The Morgan fingerprint density at radius 1 is 1.00 bits per heavy atom. The SMILES string of the molecule is Cc1ccc(C(C)C)c(OCC(O)CN2CCN(Cc3ccc(F)cc3)CC2)c1. The van der Waals surface area contributed by atoms with Crippen LogP contribution in [-0.4, -0.2) is 60.3 Å². The molecule has 5 heteroatoms. The van der Waals surface area contributed by atoms with Gasteiger partial charge in [0.25, 0.3) is 0 Å². The van der Waals surface area contributed by atoms with Crippen LogP contribution in [0.3, 0.4) is 0 Å². The number of hydrogen-bond acceptors (Lipinski definition) is 4. The third kappa shape index (κ3) is 6.53. The molecule has 2 aromatic carbocycles. The minimum absolute atomic E-state index is 0.194. The monoisotopic (exact) mass is 400 g/mol. The molecule has 158 valence electrons. The van der Waals surface area contributed by atoms with Crippen molar-refractivity contribution in [2.45, 2.75) is 39.3 Å². The normalized spacial score (nSPS) is 16.9. The van der Waals surface area contributed by atoms with Gasteiger partial charge in [-0.05, 0) is 47.7 Å². The van der Waals surface area contributed by atoms with Gasteiger partial charge in [0.05, 0.1) is 0 Å². The average molecular weight is 401 g/mol. The fourth-order valence-electron chi connectivity index (χ4n) is 3.76. The maximum atomic E-state index is 13.0. The van der Waals surface area contributed by atoms with E-state index in [1.807, 2.05) is 12.1 Å². The van der Waals surface area contributed by atoms with Gasteiger partial charge in [-0.25, -0.2) is 4.39 Å². The standard InChI is InChI=1S/C24H33FN2O2/c1-18(2)23-9-4-19(3)14-24(23)29-17-22(28)16-27-12-10-26(11-13-27)15-20-5-7-21(25)8-6-20/h4-9,14,18,22,28H,10-13,15-17H2,1-3H3. The van der Waals surface area contributed by atoms with E-state index in [1.54, 1.807) is 0 Å². The van der Waals surface area contributed by atoms with E-state index < -0.39 is 6.10 Å². The van der Waals surface area contributed by atoms with Gasteiger partial charge < -0.3 is 9.84 Å². The first-order chi connectivity index (χ1) is 13.9. The van der Waals surface area contributed by atoms with Crippen molar-refractivity contribution in [3.63, 3.8) is 0 Å². The Balaban J connectivity index is 1.42. The van der Waals surface area contributed by atoms with E-state index >= 15 is 0 Å². The fourth-order valence-corrected chi connectivity index (χ4v) is 3.76. The lowest BCUT2D eigenvalue weighted by Crippen LogP contribution is -2.48. The van der Waals surface area contributed by atoms with Crippen LogP contribution in [0.2, 0.25) is 0 Å². The quantitative estimate of drug-likeness (QED) is 0.731. The highest BCUT2D eigenvalue weighted by atomic mass is 19.1. The summed E-state index contributed by atoms with van der Waals surface area (Å²) in [5.41, 5.74) is 3.47. The van der Waals surface area contributed by atoms with E-state index in [0.29, 0.717) is 19.1 Å². The Bertz CT molecular complexity index is 771. The maximum Gasteiger partial charge on any atom is 0.123 e. The Kier molecular flexibility index (Phi) is 7.64. The first-order valence-corrected chi connectivity index (χ1v) is 10.5. The van der Waals surface area contributed by atoms with Crippen molar-refractivity contribution in [3.05, 3.63) is 65.0 Å². The molecule has 1 unspecified atom stereocenters. The second-order valence-corrected chi connectivity index (χ2v) is 8.36. The molecule has 1 aliphatic heterocycles. The topological polar surface area (TPSA) is 35.9 Å². The van der Waals surface area contributed by atoms with Crippen molar-refractivity contribution in [1.82, 2.24) is 9.80 Å². The molecule has 0 spiro atoms. The number of β-amino-alcohol motifs (C(OH)–C–C–N with tert-alkyl or cyclic N) is 1. The Hall–Kier alpha value is -1.95. The summed E-state index contributed by atoms with van der Waals surface area (Å²) in [6.45, 7) is 11.8. The minimum atomic E-state index is -0.515. The summed E-state index contributed by atoms with van der Waals surface area (Å²) < 4.78 is 19.0. The number of halogens is 1. The molecule has 1 N–H and O–H groups in total. The lowest BCUT2D eigenvalue weighted by Gasteiger charge is -2.35. The van der Waals surface area contributed by atoms with E-state index in [1.165, 1.54) is 17.7 Å². The molecule has 1 saturated heterocycles. The third-order valence-electron chi connectivity index (χ3n) is 5.48. The van der Waals surface area contributed by atoms with Crippen LogP contribution < -0.4 is 4.74 Å². The zero-order valence-electron chi connectivity index (χ0n) is 17.8. The van der Waals surface area contributed by atoms with E-state index in [0.717, 1.165) is 49.6 Å². The predicted octanol–water partition coefficient (Wildman–Crippen LogP) is 3.82. The van der Waals surface area contributed by atoms with Crippen LogP contribution in [0.1, 0.15) is 36.5 Å². The van der Waals surface area contributed by atoms with Crippen LogP contribution in [0.4, 0.5) is 4.39 Å². The number of nitrogens with zero attached hydrogens (tertiary/aromatic N) is 2. The summed E-state index contributed by atoms with van der Waals surface area (Å²) in [4.78, 5) is 4.66. The summed E-state index contributed by atoms with van der Waals surface area (Å²) >= 11 is 0. The van der Waals surface area contributed by atoms with E-state index in [-0.39, 0.29) is 5.82 Å². The highest BCUT2D eigenvalue weighted by Crippen LogP contribution is 2.27. The molecule has 1 fully saturated rings. The molecule has 4 nitrogen and oxygen atoms in total. The first-order valence-electron chi connectivity index (χ1n) is 10.5. The highest BCUT2D eigenvalue weighted by molar-refractivity contribution is 5.39. The van der Waals surface area contributed by atoms with Crippen LogP contribution >= 0.6 is 0 Å². The highest BCUT2D eigenvalue weighted by Gasteiger charge is 2.20. The summed E-state index contributed by atoms with van der Waals surface area (Å²) in [5.74, 6) is 1.07. The summed E-state index contributed by atoms with van der Waals surface area (Å²) in [6.07, 6.45) is -0.515. The van der Waals surface area contributed by atoms with Crippen LogP contribution in [0.25, 0.3) is 0 Å². The molecule has 2 aromatic rings. The van der Waals surface area contributed by atoms with E-state index in [2.05, 4.69) is 48.8 Å². The summed E-state index contributed by atoms with van der Waals surface area (Å²) in [5, 5.41) is 10.5. The number of aliphatic hydroxyl groups excluding tert-OH is 1. The molecule has 1 heterocycles. The zero-order valence-corrected chi connectivity index (χ0v) is 17.8. The minimum Gasteiger partial charge on any atom is -0.491 e. The van der Waals surface area contributed by atoms with Gasteiger partial charge in [-0.3, -0.25) is 9.80 Å². The predicted molar refractivity (Wildman–Crippen MR) is 115 cm³/mol. The van der Waals surface area contributed by atoms with Crippen LogP contribution in [0.15, 0.2) is 42.5 Å². The van der Waals surface area contributed by atoms with Gasteiger partial charge >= 0.3 is 0 Å². The van der Waals surface area contributed by atoms with Crippen molar-refractivity contribution < 1.29 is 14.2 Å². The van der Waals surface area contributed by atoms with Gasteiger partial charge in [0.15, 0.2) is 0 Å². The van der Waals surface area contributed by atoms with Crippen LogP contribution in [0, 0.1) is 12.7 Å². The molecule has 0 aromatic heterocycles. The van der Waals surface area contributed by atoms with Gasteiger partial charge in [-0.1, -0.05) is 38.1 Å².